The molecule has 0 aromatic carbocycles. The van der Waals surface area contributed by atoms with Crippen molar-refractivity contribution in [3.05, 3.63) is 0 Å². The minimum atomic E-state index is -4.03. The van der Waals surface area contributed by atoms with E-state index < -0.39 is 17.7 Å². The fraction of sp³-hybridized carbons (Fsp3) is 1.00. The Kier molecular flexibility index (Phi) is 4.22. The van der Waals surface area contributed by atoms with Crippen molar-refractivity contribution in [3.63, 3.8) is 0 Å². The summed E-state index contributed by atoms with van der Waals surface area (Å²) in [4.78, 5) is 0. The summed E-state index contributed by atoms with van der Waals surface area (Å²) in [5.41, 5.74) is -0.610. The van der Waals surface area contributed by atoms with E-state index in [9.17, 15) is 18.3 Å². The predicted molar refractivity (Wildman–Crippen MR) is 63.2 cm³/mol. The largest absolute Gasteiger partial charge is 0.391 e. The first-order valence-electron chi connectivity index (χ1n) is 6.92. The molecule has 2 aliphatic carbocycles. The van der Waals surface area contributed by atoms with Gasteiger partial charge in [0.2, 0.25) is 0 Å². The molecule has 0 spiro atoms. The van der Waals surface area contributed by atoms with Gasteiger partial charge in [-0.25, -0.2) is 0 Å². The number of hydrogen-bond donors (Lipinski definition) is 2. The molecule has 0 aromatic heterocycles. The standard InChI is InChI=1S/C13H22F3NO/c14-13(15,16)10-3-5-11(6-4-10)17-9-12(18)7-1-2-8-12/h10-11,17-18H,1-9H2. The van der Waals surface area contributed by atoms with E-state index >= 15 is 0 Å². The molecule has 0 saturated heterocycles. The third-order valence-corrected chi connectivity index (χ3v) is 4.44. The monoisotopic (exact) mass is 265 g/mol. The SMILES string of the molecule is OC1(CNC2CCC(C(F)(F)F)CC2)CCCC1. The molecule has 2 saturated carbocycles. The molecule has 5 heteroatoms. The van der Waals surface area contributed by atoms with Gasteiger partial charge in [0.05, 0.1) is 11.5 Å². The second-order valence-corrected chi connectivity index (χ2v) is 5.90. The van der Waals surface area contributed by atoms with Gasteiger partial charge in [-0.2, -0.15) is 13.2 Å². The minimum Gasteiger partial charge on any atom is -0.389 e. The van der Waals surface area contributed by atoms with Gasteiger partial charge < -0.3 is 10.4 Å². The van der Waals surface area contributed by atoms with Crippen LogP contribution in [0.1, 0.15) is 51.4 Å². The zero-order chi connectivity index (χ0) is 13.2. The third-order valence-electron chi connectivity index (χ3n) is 4.44. The van der Waals surface area contributed by atoms with Crippen LogP contribution >= 0.6 is 0 Å². The van der Waals surface area contributed by atoms with Gasteiger partial charge in [-0.05, 0) is 38.5 Å². The first kappa shape index (κ1) is 14.1. The van der Waals surface area contributed by atoms with Gasteiger partial charge in [-0.3, -0.25) is 0 Å². The highest BCUT2D eigenvalue weighted by Gasteiger charge is 2.41. The number of nitrogens with one attached hydrogen (secondary N) is 1. The molecule has 0 atom stereocenters. The second kappa shape index (κ2) is 5.37. The Balaban J connectivity index is 1.71. The minimum absolute atomic E-state index is 0.147. The molecule has 0 amide bonds. The van der Waals surface area contributed by atoms with Crippen LogP contribution in [0.25, 0.3) is 0 Å². The lowest BCUT2D eigenvalue weighted by molar-refractivity contribution is -0.182. The lowest BCUT2D eigenvalue weighted by atomic mass is 9.85. The Hall–Kier alpha value is -0.290. The molecule has 2 rings (SSSR count). The molecular weight excluding hydrogens is 243 g/mol. The highest BCUT2D eigenvalue weighted by atomic mass is 19.4. The van der Waals surface area contributed by atoms with E-state index in [0.717, 1.165) is 25.7 Å². The molecule has 2 nitrogen and oxygen atoms in total. The molecule has 18 heavy (non-hydrogen) atoms. The lowest BCUT2D eigenvalue weighted by Gasteiger charge is -2.32. The van der Waals surface area contributed by atoms with Crippen LogP contribution in [0.5, 0.6) is 0 Å². The first-order valence-corrected chi connectivity index (χ1v) is 6.92. The molecule has 0 radical (unpaired) electrons. The predicted octanol–water partition coefficient (Wildman–Crippen LogP) is 3.00. The van der Waals surface area contributed by atoms with E-state index in [4.69, 9.17) is 0 Å². The fourth-order valence-corrected chi connectivity index (χ4v) is 3.17. The van der Waals surface area contributed by atoms with E-state index in [1.807, 2.05) is 0 Å². The van der Waals surface area contributed by atoms with Gasteiger partial charge in [0, 0.05) is 12.6 Å². The van der Waals surface area contributed by atoms with Crippen molar-refractivity contribution >= 4 is 0 Å². The van der Waals surface area contributed by atoms with Crippen LogP contribution in [0.2, 0.25) is 0 Å². The molecule has 0 bridgehead atoms. The normalized spacial score (nSPS) is 32.7. The van der Waals surface area contributed by atoms with Crippen molar-refractivity contribution in [1.29, 1.82) is 0 Å². The summed E-state index contributed by atoms with van der Waals surface area (Å²) in [6, 6.07) is 0.147. The molecular formula is C13H22F3NO. The van der Waals surface area contributed by atoms with Crippen molar-refractivity contribution in [2.75, 3.05) is 6.54 Å². The number of rotatable bonds is 3. The molecule has 0 heterocycles. The summed E-state index contributed by atoms with van der Waals surface area (Å²) < 4.78 is 37.5. The van der Waals surface area contributed by atoms with E-state index in [1.165, 1.54) is 0 Å². The summed E-state index contributed by atoms with van der Waals surface area (Å²) in [6.45, 7) is 0.536. The second-order valence-electron chi connectivity index (χ2n) is 5.90. The van der Waals surface area contributed by atoms with Crippen LogP contribution in [-0.2, 0) is 0 Å². The number of hydrogen-bond acceptors (Lipinski definition) is 2. The quantitative estimate of drug-likeness (QED) is 0.822. The smallest absolute Gasteiger partial charge is 0.389 e. The Bertz CT molecular complexity index is 266. The van der Waals surface area contributed by atoms with Gasteiger partial charge in [-0.1, -0.05) is 12.8 Å². The van der Waals surface area contributed by atoms with Crippen LogP contribution in [0.4, 0.5) is 13.2 Å². The van der Waals surface area contributed by atoms with E-state index in [2.05, 4.69) is 5.32 Å². The maximum atomic E-state index is 12.5. The number of halogens is 3. The van der Waals surface area contributed by atoms with Gasteiger partial charge in [0.25, 0.3) is 0 Å². The van der Waals surface area contributed by atoms with Crippen LogP contribution in [-0.4, -0.2) is 29.5 Å². The Morgan fingerprint density at radius 1 is 1.06 bits per heavy atom. The average Bonchev–Trinajstić information content (AvgIpc) is 2.74. The van der Waals surface area contributed by atoms with Crippen molar-refractivity contribution in [3.8, 4) is 0 Å². The summed E-state index contributed by atoms with van der Waals surface area (Å²) in [5.74, 6) is -1.12. The number of aliphatic hydroxyl groups is 1. The van der Waals surface area contributed by atoms with Crippen molar-refractivity contribution < 1.29 is 18.3 Å². The summed E-state index contributed by atoms with van der Waals surface area (Å²) >= 11 is 0. The topological polar surface area (TPSA) is 32.3 Å². The lowest BCUT2D eigenvalue weighted by Crippen LogP contribution is -2.44. The van der Waals surface area contributed by atoms with Crippen LogP contribution in [0.3, 0.4) is 0 Å². The van der Waals surface area contributed by atoms with Crippen molar-refractivity contribution in [2.24, 2.45) is 5.92 Å². The van der Waals surface area contributed by atoms with E-state index in [1.54, 1.807) is 0 Å². The van der Waals surface area contributed by atoms with Crippen LogP contribution in [0.15, 0.2) is 0 Å². The van der Waals surface area contributed by atoms with Crippen molar-refractivity contribution in [2.45, 2.75) is 69.2 Å². The summed E-state index contributed by atoms with van der Waals surface area (Å²) in [7, 11) is 0. The highest BCUT2D eigenvalue weighted by Crippen LogP contribution is 2.37. The van der Waals surface area contributed by atoms with Crippen LogP contribution < -0.4 is 5.32 Å². The average molecular weight is 265 g/mol. The van der Waals surface area contributed by atoms with Crippen molar-refractivity contribution in [1.82, 2.24) is 5.32 Å². The summed E-state index contributed by atoms with van der Waals surface area (Å²) in [6.07, 6.45) is 1.29. The van der Waals surface area contributed by atoms with E-state index in [-0.39, 0.29) is 18.9 Å². The maximum Gasteiger partial charge on any atom is 0.391 e. The Labute approximate surface area is 106 Å². The third kappa shape index (κ3) is 3.60. The molecule has 2 aliphatic rings. The highest BCUT2D eigenvalue weighted by molar-refractivity contribution is 4.89. The van der Waals surface area contributed by atoms with Gasteiger partial charge in [0.15, 0.2) is 0 Å². The molecule has 0 aliphatic heterocycles. The van der Waals surface area contributed by atoms with Gasteiger partial charge in [0.1, 0.15) is 0 Å². The van der Waals surface area contributed by atoms with Crippen LogP contribution in [0, 0.1) is 5.92 Å². The Morgan fingerprint density at radius 2 is 1.61 bits per heavy atom. The molecule has 106 valence electrons. The zero-order valence-electron chi connectivity index (χ0n) is 10.6. The molecule has 0 aromatic rings. The van der Waals surface area contributed by atoms with Gasteiger partial charge in [-0.15, -0.1) is 0 Å². The molecule has 2 fully saturated rings. The Morgan fingerprint density at radius 3 is 2.11 bits per heavy atom. The fourth-order valence-electron chi connectivity index (χ4n) is 3.17. The zero-order valence-corrected chi connectivity index (χ0v) is 10.6. The molecule has 0 unspecified atom stereocenters. The summed E-state index contributed by atoms with van der Waals surface area (Å²) in [5, 5.41) is 13.4. The number of alkyl halides is 3. The van der Waals surface area contributed by atoms with E-state index in [0.29, 0.717) is 19.4 Å². The maximum absolute atomic E-state index is 12.5. The van der Waals surface area contributed by atoms with Gasteiger partial charge >= 0.3 is 6.18 Å². The first-order chi connectivity index (χ1) is 8.39. The molecule has 2 N–H and O–H groups in total.